The lowest BCUT2D eigenvalue weighted by Crippen LogP contribution is -2.01. The van der Waals surface area contributed by atoms with Gasteiger partial charge in [-0.25, -0.2) is 0 Å². The van der Waals surface area contributed by atoms with Crippen LogP contribution in [0.2, 0.25) is 0 Å². The normalized spacial score (nSPS) is 12.1. The van der Waals surface area contributed by atoms with E-state index in [1.165, 1.54) is 0 Å². The van der Waals surface area contributed by atoms with E-state index in [1.807, 2.05) is 54.6 Å². The van der Waals surface area contributed by atoms with E-state index in [1.54, 1.807) is 7.11 Å². The second kappa shape index (κ2) is 4.81. The van der Waals surface area contributed by atoms with E-state index in [-0.39, 0.29) is 0 Å². The van der Waals surface area contributed by atoms with Crippen LogP contribution in [-0.4, -0.2) is 12.2 Å². The molecule has 0 spiro atoms. The molecule has 0 unspecified atom stereocenters. The van der Waals surface area contributed by atoms with Crippen molar-refractivity contribution < 1.29 is 9.84 Å². The quantitative estimate of drug-likeness (QED) is 0.851. The zero-order valence-electron chi connectivity index (χ0n) is 9.13. The summed E-state index contributed by atoms with van der Waals surface area (Å²) >= 11 is 0. The lowest BCUT2D eigenvalue weighted by Gasteiger charge is -2.14. The topological polar surface area (TPSA) is 29.5 Å². The molecule has 2 aromatic carbocycles. The van der Waals surface area contributed by atoms with Crippen molar-refractivity contribution in [2.24, 2.45) is 0 Å². The average Bonchev–Trinajstić information content (AvgIpc) is 2.39. The van der Waals surface area contributed by atoms with Gasteiger partial charge in [-0.2, -0.15) is 0 Å². The minimum Gasteiger partial charge on any atom is -0.496 e. The maximum Gasteiger partial charge on any atom is 0.125 e. The zero-order chi connectivity index (χ0) is 11.4. The smallest absolute Gasteiger partial charge is 0.125 e. The van der Waals surface area contributed by atoms with Gasteiger partial charge >= 0.3 is 0 Å². The van der Waals surface area contributed by atoms with Crippen LogP contribution >= 0.6 is 0 Å². The maximum atomic E-state index is 10.2. The van der Waals surface area contributed by atoms with E-state index in [2.05, 4.69) is 0 Å². The fourth-order valence-corrected chi connectivity index (χ4v) is 1.71. The Hall–Kier alpha value is -1.80. The van der Waals surface area contributed by atoms with E-state index in [0.717, 1.165) is 11.1 Å². The Morgan fingerprint density at radius 2 is 1.56 bits per heavy atom. The highest BCUT2D eigenvalue weighted by Crippen LogP contribution is 2.29. The van der Waals surface area contributed by atoms with Gasteiger partial charge in [-0.3, -0.25) is 0 Å². The fraction of sp³-hybridized carbons (Fsp3) is 0.143. The molecular weight excluding hydrogens is 200 g/mol. The highest BCUT2D eigenvalue weighted by Gasteiger charge is 2.13. The van der Waals surface area contributed by atoms with Crippen LogP contribution in [0.3, 0.4) is 0 Å². The van der Waals surface area contributed by atoms with Crippen molar-refractivity contribution in [3.63, 3.8) is 0 Å². The number of benzene rings is 2. The van der Waals surface area contributed by atoms with Gasteiger partial charge in [-0.15, -0.1) is 0 Å². The Morgan fingerprint density at radius 1 is 0.938 bits per heavy atom. The third-order valence-corrected chi connectivity index (χ3v) is 2.55. The Labute approximate surface area is 95.1 Å². The molecule has 1 N–H and O–H groups in total. The number of hydrogen-bond acceptors (Lipinski definition) is 2. The van der Waals surface area contributed by atoms with E-state index in [4.69, 9.17) is 4.74 Å². The SMILES string of the molecule is COc1ccccc1[C@H](O)c1ccccc1. The highest BCUT2D eigenvalue weighted by atomic mass is 16.5. The molecule has 2 nitrogen and oxygen atoms in total. The van der Waals surface area contributed by atoms with Gasteiger partial charge in [0.15, 0.2) is 0 Å². The molecule has 0 heterocycles. The van der Waals surface area contributed by atoms with Crippen LogP contribution in [0.5, 0.6) is 5.75 Å². The van der Waals surface area contributed by atoms with Gasteiger partial charge in [-0.1, -0.05) is 48.5 Å². The Kier molecular flexibility index (Phi) is 3.22. The fourth-order valence-electron chi connectivity index (χ4n) is 1.71. The maximum absolute atomic E-state index is 10.2. The predicted molar refractivity (Wildman–Crippen MR) is 63.5 cm³/mol. The summed E-state index contributed by atoms with van der Waals surface area (Å²) in [4.78, 5) is 0. The van der Waals surface area contributed by atoms with E-state index in [0.29, 0.717) is 5.75 Å². The summed E-state index contributed by atoms with van der Waals surface area (Å²) in [5, 5.41) is 10.2. The van der Waals surface area contributed by atoms with Crippen molar-refractivity contribution in [1.82, 2.24) is 0 Å². The monoisotopic (exact) mass is 214 g/mol. The average molecular weight is 214 g/mol. The molecule has 0 amide bonds. The molecule has 0 radical (unpaired) electrons. The first-order valence-corrected chi connectivity index (χ1v) is 5.19. The summed E-state index contributed by atoms with van der Waals surface area (Å²) in [6, 6.07) is 17.1. The second-order valence-electron chi connectivity index (χ2n) is 3.56. The molecule has 0 aliphatic carbocycles. The first kappa shape index (κ1) is 10.7. The Bertz CT molecular complexity index is 451. The number of aliphatic hydroxyl groups is 1. The minimum atomic E-state index is -0.641. The summed E-state index contributed by atoms with van der Waals surface area (Å²) in [6.45, 7) is 0. The van der Waals surface area contributed by atoms with Crippen molar-refractivity contribution in [2.75, 3.05) is 7.11 Å². The van der Waals surface area contributed by atoms with Crippen LogP contribution in [0.1, 0.15) is 17.2 Å². The standard InChI is InChI=1S/C14H14O2/c1-16-13-10-6-5-9-12(13)14(15)11-7-3-2-4-8-11/h2-10,14-15H,1H3/t14-/m1/s1. The minimum absolute atomic E-state index is 0.641. The molecule has 2 rings (SSSR count). The van der Waals surface area contributed by atoms with Crippen molar-refractivity contribution in [1.29, 1.82) is 0 Å². The van der Waals surface area contributed by atoms with Crippen LogP contribution in [0.4, 0.5) is 0 Å². The molecule has 1 atom stereocenters. The Morgan fingerprint density at radius 3 is 2.25 bits per heavy atom. The molecule has 82 valence electrons. The second-order valence-corrected chi connectivity index (χ2v) is 3.56. The molecule has 16 heavy (non-hydrogen) atoms. The van der Waals surface area contributed by atoms with Crippen molar-refractivity contribution in [2.45, 2.75) is 6.10 Å². The molecule has 0 aromatic heterocycles. The highest BCUT2D eigenvalue weighted by molar-refractivity contribution is 5.39. The number of rotatable bonds is 3. The summed E-state index contributed by atoms with van der Waals surface area (Å²) < 4.78 is 5.23. The van der Waals surface area contributed by atoms with Crippen molar-refractivity contribution >= 4 is 0 Å². The van der Waals surface area contributed by atoms with Crippen molar-refractivity contribution in [3.8, 4) is 5.75 Å². The molecule has 0 aliphatic rings. The molecule has 0 saturated heterocycles. The molecule has 0 saturated carbocycles. The van der Waals surface area contributed by atoms with Crippen LogP contribution in [0, 0.1) is 0 Å². The zero-order valence-corrected chi connectivity index (χ0v) is 9.13. The lowest BCUT2D eigenvalue weighted by molar-refractivity contribution is 0.214. The third-order valence-electron chi connectivity index (χ3n) is 2.55. The Balaban J connectivity index is 2.37. The third kappa shape index (κ3) is 2.07. The van der Waals surface area contributed by atoms with Gasteiger partial charge in [0.1, 0.15) is 11.9 Å². The van der Waals surface area contributed by atoms with Crippen LogP contribution in [0.15, 0.2) is 54.6 Å². The van der Waals surface area contributed by atoms with E-state index in [9.17, 15) is 5.11 Å². The first-order chi connectivity index (χ1) is 7.83. The van der Waals surface area contributed by atoms with Crippen LogP contribution in [0.25, 0.3) is 0 Å². The molecule has 2 heteroatoms. The molecular formula is C14H14O2. The van der Waals surface area contributed by atoms with Gasteiger partial charge in [0.25, 0.3) is 0 Å². The number of para-hydroxylation sites is 1. The number of aliphatic hydroxyl groups excluding tert-OH is 1. The van der Waals surface area contributed by atoms with Gasteiger partial charge in [0.2, 0.25) is 0 Å². The number of hydrogen-bond donors (Lipinski definition) is 1. The summed E-state index contributed by atoms with van der Waals surface area (Å²) in [5.74, 6) is 0.707. The van der Waals surface area contributed by atoms with Crippen LogP contribution in [-0.2, 0) is 0 Å². The van der Waals surface area contributed by atoms with Crippen LogP contribution < -0.4 is 4.74 Å². The van der Waals surface area contributed by atoms with Gasteiger partial charge in [0.05, 0.1) is 7.11 Å². The first-order valence-electron chi connectivity index (χ1n) is 5.19. The van der Waals surface area contributed by atoms with Gasteiger partial charge < -0.3 is 9.84 Å². The van der Waals surface area contributed by atoms with Gasteiger partial charge in [0, 0.05) is 5.56 Å². The van der Waals surface area contributed by atoms with E-state index < -0.39 is 6.10 Å². The summed E-state index contributed by atoms with van der Waals surface area (Å²) in [6.07, 6.45) is -0.641. The molecule has 0 fully saturated rings. The summed E-state index contributed by atoms with van der Waals surface area (Å²) in [7, 11) is 1.61. The van der Waals surface area contributed by atoms with E-state index >= 15 is 0 Å². The number of ether oxygens (including phenoxy) is 1. The summed E-state index contributed by atoms with van der Waals surface area (Å²) in [5.41, 5.74) is 1.66. The predicted octanol–water partition coefficient (Wildman–Crippen LogP) is 2.78. The molecule has 2 aromatic rings. The molecule has 0 aliphatic heterocycles. The van der Waals surface area contributed by atoms with Crippen molar-refractivity contribution in [3.05, 3.63) is 65.7 Å². The molecule has 0 bridgehead atoms. The number of methoxy groups -OCH3 is 1. The van der Waals surface area contributed by atoms with Gasteiger partial charge in [-0.05, 0) is 11.6 Å². The lowest BCUT2D eigenvalue weighted by atomic mass is 10.0. The largest absolute Gasteiger partial charge is 0.496 e.